The molecule has 0 bridgehead atoms. The van der Waals surface area contributed by atoms with Crippen LogP contribution in [0.15, 0.2) is 12.1 Å². The number of nitrogens with two attached hydrogens (primary N) is 1. The highest BCUT2D eigenvalue weighted by Crippen LogP contribution is 2.25. The van der Waals surface area contributed by atoms with Crippen LogP contribution in [0, 0.1) is 0 Å². The van der Waals surface area contributed by atoms with Gasteiger partial charge in [-0.05, 0) is 19.1 Å². The Morgan fingerprint density at radius 1 is 1.47 bits per heavy atom. The van der Waals surface area contributed by atoms with Crippen LogP contribution in [0.25, 0.3) is 0 Å². The number of aromatic nitrogens is 1. The molecule has 0 spiro atoms. The molecule has 17 heavy (non-hydrogen) atoms. The van der Waals surface area contributed by atoms with E-state index in [1.165, 1.54) is 13.0 Å². The highest BCUT2D eigenvalue weighted by Gasteiger charge is 2.34. The Labute approximate surface area is 94.3 Å². The van der Waals surface area contributed by atoms with Gasteiger partial charge in [0.15, 0.2) is 0 Å². The molecule has 1 heterocycles. The Hall–Kier alpha value is -1.99. The van der Waals surface area contributed by atoms with Crippen molar-refractivity contribution in [3.8, 4) is 5.88 Å². The zero-order valence-corrected chi connectivity index (χ0v) is 8.75. The zero-order chi connectivity index (χ0) is 13.1. The lowest BCUT2D eigenvalue weighted by Crippen LogP contribution is -2.21. The SMILES string of the molecule is CCOC(=O)c1ccc(N)nc1OC(F)(F)F. The lowest BCUT2D eigenvalue weighted by Gasteiger charge is -2.11. The molecule has 0 atom stereocenters. The van der Waals surface area contributed by atoms with Crippen molar-refractivity contribution in [3.05, 3.63) is 17.7 Å². The van der Waals surface area contributed by atoms with Gasteiger partial charge in [0, 0.05) is 0 Å². The number of carbonyl (C=O) groups is 1. The van der Waals surface area contributed by atoms with E-state index in [-0.39, 0.29) is 12.4 Å². The number of alkyl halides is 3. The van der Waals surface area contributed by atoms with Gasteiger partial charge in [0.05, 0.1) is 6.61 Å². The third kappa shape index (κ3) is 3.82. The molecule has 0 fully saturated rings. The third-order valence-electron chi connectivity index (χ3n) is 1.59. The summed E-state index contributed by atoms with van der Waals surface area (Å²) in [5.74, 6) is -2.08. The molecule has 0 aliphatic rings. The van der Waals surface area contributed by atoms with Crippen molar-refractivity contribution in [3.63, 3.8) is 0 Å². The monoisotopic (exact) mass is 250 g/mol. The molecule has 1 aromatic rings. The molecular weight excluding hydrogens is 241 g/mol. The topological polar surface area (TPSA) is 74.4 Å². The second-order valence-electron chi connectivity index (χ2n) is 2.86. The van der Waals surface area contributed by atoms with Gasteiger partial charge in [-0.3, -0.25) is 0 Å². The summed E-state index contributed by atoms with van der Waals surface area (Å²) >= 11 is 0. The number of pyridine rings is 1. The molecule has 0 unspecified atom stereocenters. The molecule has 0 saturated carbocycles. The molecule has 8 heteroatoms. The first-order valence-corrected chi connectivity index (χ1v) is 4.53. The van der Waals surface area contributed by atoms with Crippen molar-refractivity contribution < 1.29 is 27.4 Å². The molecule has 0 aromatic carbocycles. The van der Waals surface area contributed by atoms with Gasteiger partial charge in [-0.25, -0.2) is 4.79 Å². The maximum atomic E-state index is 12.0. The number of ether oxygens (including phenoxy) is 2. The number of hydrogen-bond donors (Lipinski definition) is 1. The van der Waals surface area contributed by atoms with E-state index in [9.17, 15) is 18.0 Å². The van der Waals surface area contributed by atoms with E-state index in [1.807, 2.05) is 0 Å². The van der Waals surface area contributed by atoms with Crippen LogP contribution in [0.5, 0.6) is 5.88 Å². The standard InChI is InChI=1S/C9H9F3N2O3/c1-2-16-8(15)5-3-4-6(13)14-7(5)17-9(10,11)12/h3-4H,2H2,1H3,(H2,13,14). The zero-order valence-electron chi connectivity index (χ0n) is 8.75. The van der Waals surface area contributed by atoms with Gasteiger partial charge in [0.2, 0.25) is 5.88 Å². The van der Waals surface area contributed by atoms with Crippen LogP contribution in [0.2, 0.25) is 0 Å². The molecule has 1 aromatic heterocycles. The van der Waals surface area contributed by atoms with Crippen LogP contribution < -0.4 is 10.5 Å². The number of nitrogens with zero attached hydrogens (tertiary/aromatic N) is 1. The second-order valence-corrected chi connectivity index (χ2v) is 2.86. The van der Waals surface area contributed by atoms with E-state index in [1.54, 1.807) is 0 Å². The fourth-order valence-electron chi connectivity index (χ4n) is 1.01. The van der Waals surface area contributed by atoms with Crippen molar-refractivity contribution in [1.29, 1.82) is 0 Å². The maximum Gasteiger partial charge on any atom is 0.574 e. The van der Waals surface area contributed by atoms with Crippen LogP contribution in [0.3, 0.4) is 0 Å². The van der Waals surface area contributed by atoms with Crippen molar-refractivity contribution in [1.82, 2.24) is 4.98 Å². The van der Waals surface area contributed by atoms with Gasteiger partial charge >= 0.3 is 12.3 Å². The number of carbonyl (C=O) groups excluding carboxylic acids is 1. The number of rotatable bonds is 3. The van der Waals surface area contributed by atoms with E-state index < -0.39 is 23.8 Å². The first-order valence-electron chi connectivity index (χ1n) is 4.53. The third-order valence-corrected chi connectivity index (χ3v) is 1.59. The van der Waals surface area contributed by atoms with E-state index >= 15 is 0 Å². The molecule has 94 valence electrons. The van der Waals surface area contributed by atoms with Gasteiger partial charge in [-0.1, -0.05) is 0 Å². The first-order chi connectivity index (χ1) is 7.83. The average molecular weight is 250 g/mol. The summed E-state index contributed by atoms with van der Waals surface area (Å²) in [6.45, 7) is 1.54. The van der Waals surface area contributed by atoms with Crippen molar-refractivity contribution in [2.45, 2.75) is 13.3 Å². The summed E-state index contributed by atoms with van der Waals surface area (Å²) in [5, 5.41) is 0. The minimum atomic E-state index is -4.96. The number of halogens is 3. The molecule has 0 radical (unpaired) electrons. The number of hydrogen-bond acceptors (Lipinski definition) is 5. The van der Waals surface area contributed by atoms with Crippen LogP contribution in [0.4, 0.5) is 19.0 Å². The molecule has 0 amide bonds. The highest BCUT2D eigenvalue weighted by molar-refractivity contribution is 5.92. The smallest absolute Gasteiger partial charge is 0.462 e. The summed E-state index contributed by atoms with van der Waals surface area (Å²) in [6.07, 6.45) is -4.96. The molecule has 5 nitrogen and oxygen atoms in total. The number of anilines is 1. The summed E-state index contributed by atoms with van der Waals surface area (Å²) in [4.78, 5) is 14.6. The molecule has 2 N–H and O–H groups in total. The summed E-state index contributed by atoms with van der Waals surface area (Å²) in [5.41, 5.74) is 4.78. The first kappa shape index (κ1) is 13.1. The Morgan fingerprint density at radius 3 is 2.65 bits per heavy atom. The Bertz CT molecular complexity index is 420. The molecule has 1 rings (SSSR count). The van der Waals surface area contributed by atoms with Gasteiger partial charge in [-0.15, -0.1) is 13.2 Å². The Balaban J connectivity index is 3.08. The normalized spacial score (nSPS) is 11.1. The van der Waals surface area contributed by atoms with Crippen LogP contribution in [-0.2, 0) is 4.74 Å². The lowest BCUT2D eigenvalue weighted by molar-refractivity contribution is -0.276. The molecular formula is C9H9F3N2O3. The Kier molecular flexibility index (Phi) is 3.77. The summed E-state index contributed by atoms with van der Waals surface area (Å²) in [6, 6.07) is 2.23. The van der Waals surface area contributed by atoms with Crippen molar-refractivity contribution >= 4 is 11.8 Å². The predicted octanol–water partition coefficient (Wildman–Crippen LogP) is 1.74. The summed E-state index contributed by atoms with van der Waals surface area (Å²) in [7, 11) is 0. The van der Waals surface area contributed by atoms with E-state index in [2.05, 4.69) is 14.5 Å². The molecule has 0 saturated heterocycles. The second kappa shape index (κ2) is 4.89. The Morgan fingerprint density at radius 2 is 2.12 bits per heavy atom. The number of esters is 1. The van der Waals surface area contributed by atoms with Crippen LogP contribution >= 0.6 is 0 Å². The van der Waals surface area contributed by atoms with E-state index in [4.69, 9.17) is 5.73 Å². The molecule has 0 aliphatic heterocycles. The maximum absolute atomic E-state index is 12.0. The van der Waals surface area contributed by atoms with Crippen LogP contribution in [0.1, 0.15) is 17.3 Å². The van der Waals surface area contributed by atoms with Crippen molar-refractivity contribution in [2.24, 2.45) is 0 Å². The van der Waals surface area contributed by atoms with Crippen LogP contribution in [-0.4, -0.2) is 23.9 Å². The summed E-state index contributed by atoms with van der Waals surface area (Å²) < 4.78 is 44.3. The fourth-order valence-corrected chi connectivity index (χ4v) is 1.01. The van der Waals surface area contributed by atoms with E-state index in [0.717, 1.165) is 6.07 Å². The predicted molar refractivity (Wildman–Crippen MR) is 51.3 cm³/mol. The lowest BCUT2D eigenvalue weighted by atomic mass is 10.2. The van der Waals surface area contributed by atoms with Gasteiger partial charge in [-0.2, -0.15) is 4.98 Å². The fraction of sp³-hybridized carbons (Fsp3) is 0.333. The minimum Gasteiger partial charge on any atom is -0.462 e. The van der Waals surface area contributed by atoms with Gasteiger partial charge < -0.3 is 15.2 Å². The number of nitrogen functional groups attached to an aromatic ring is 1. The van der Waals surface area contributed by atoms with E-state index in [0.29, 0.717) is 0 Å². The largest absolute Gasteiger partial charge is 0.574 e. The average Bonchev–Trinajstić information content (AvgIpc) is 2.15. The minimum absolute atomic E-state index is 0.0225. The quantitative estimate of drug-likeness (QED) is 0.827. The van der Waals surface area contributed by atoms with Gasteiger partial charge in [0.25, 0.3) is 0 Å². The van der Waals surface area contributed by atoms with Gasteiger partial charge in [0.1, 0.15) is 11.4 Å². The highest BCUT2D eigenvalue weighted by atomic mass is 19.4. The van der Waals surface area contributed by atoms with Crippen molar-refractivity contribution in [2.75, 3.05) is 12.3 Å². The molecule has 0 aliphatic carbocycles.